The standard InChI is InChI=1S/C23H22F2N2O3/c1-2-30-23(29)18-14-27(16-8-6-15(24)7-9-16)21-17(22(18)28)10-11-19(20(21)25)26-12-4-3-5-13-26/h6-11,14H,2-5,12-13H2,1H3. The minimum Gasteiger partial charge on any atom is -0.462 e. The van der Waals surface area contributed by atoms with E-state index < -0.39 is 23.0 Å². The molecule has 5 nitrogen and oxygen atoms in total. The van der Waals surface area contributed by atoms with E-state index >= 15 is 4.39 Å². The molecule has 0 radical (unpaired) electrons. The summed E-state index contributed by atoms with van der Waals surface area (Å²) in [6.45, 7) is 3.23. The average Bonchev–Trinajstić information content (AvgIpc) is 2.76. The maximum atomic E-state index is 15.7. The van der Waals surface area contributed by atoms with Crippen molar-refractivity contribution < 1.29 is 18.3 Å². The Hall–Kier alpha value is -3.22. The Bertz CT molecular complexity index is 1150. The molecule has 0 saturated carbocycles. The molecule has 4 rings (SSSR count). The van der Waals surface area contributed by atoms with Crippen LogP contribution in [0, 0.1) is 11.6 Å². The van der Waals surface area contributed by atoms with Crippen molar-refractivity contribution in [3.8, 4) is 5.69 Å². The Morgan fingerprint density at radius 3 is 2.40 bits per heavy atom. The van der Waals surface area contributed by atoms with Gasteiger partial charge < -0.3 is 14.2 Å². The normalized spacial score (nSPS) is 14.2. The summed E-state index contributed by atoms with van der Waals surface area (Å²) in [6.07, 6.45) is 4.34. The van der Waals surface area contributed by atoms with Gasteiger partial charge in [0.05, 0.1) is 23.2 Å². The SMILES string of the molecule is CCOC(=O)c1cn(-c2ccc(F)cc2)c2c(F)c(N3CCCCC3)ccc2c1=O. The van der Waals surface area contributed by atoms with Crippen molar-refractivity contribution in [2.45, 2.75) is 26.2 Å². The second kappa shape index (κ2) is 8.26. The number of ether oxygens (including phenoxy) is 1. The van der Waals surface area contributed by atoms with E-state index in [1.807, 2.05) is 4.90 Å². The zero-order chi connectivity index (χ0) is 21.3. The molecule has 1 aromatic heterocycles. The molecule has 1 aliphatic rings. The quantitative estimate of drug-likeness (QED) is 0.595. The molecule has 156 valence electrons. The van der Waals surface area contributed by atoms with Gasteiger partial charge in [-0.1, -0.05) is 0 Å². The highest BCUT2D eigenvalue weighted by molar-refractivity contribution is 5.95. The first-order chi connectivity index (χ1) is 14.5. The van der Waals surface area contributed by atoms with Crippen LogP contribution in [-0.4, -0.2) is 30.2 Å². The van der Waals surface area contributed by atoms with Gasteiger partial charge in [-0.15, -0.1) is 0 Å². The van der Waals surface area contributed by atoms with Crippen LogP contribution in [0.2, 0.25) is 0 Å². The summed E-state index contributed by atoms with van der Waals surface area (Å²) in [5.41, 5.74) is 0.121. The summed E-state index contributed by atoms with van der Waals surface area (Å²) < 4.78 is 35.6. The smallest absolute Gasteiger partial charge is 0.343 e. The zero-order valence-corrected chi connectivity index (χ0v) is 16.7. The van der Waals surface area contributed by atoms with Crippen molar-refractivity contribution in [3.05, 3.63) is 70.0 Å². The molecular formula is C23H22F2N2O3. The Kier molecular flexibility index (Phi) is 5.53. The fourth-order valence-electron chi connectivity index (χ4n) is 3.91. The molecule has 1 saturated heterocycles. The maximum Gasteiger partial charge on any atom is 0.343 e. The third kappa shape index (κ3) is 3.56. The summed E-state index contributed by atoms with van der Waals surface area (Å²) >= 11 is 0. The first-order valence-electron chi connectivity index (χ1n) is 10.1. The number of piperidine rings is 1. The lowest BCUT2D eigenvalue weighted by Crippen LogP contribution is -2.30. The van der Waals surface area contributed by atoms with Crippen LogP contribution >= 0.6 is 0 Å². The van der Waals surface area contributed by atoms with E-state index in [0.717, 1.165) is 32.4 Å². The molecule has 1 aliphatic heterocycles. The topological polar surface area (TPSA) is 51.5 Å². The summed E-state index contributed by atoms with van der Waals surface area (Å²) in [5.74, 6) is -1.75. The molecule has 0 atom stereocenters. The van der Waals surface area contributed by atoms with Gasteiger partial charge in [0.1, 0.15) is 11.4 Å². The van der Waals surface area contributed by atoms with Crippen LogP contribution < -0.4 is 10.3 Å². The number of carbonyl (C=O) groups is 1. The molecule has 0 bridgehead atoms. The molecule has 2 heterocycles. The van der Waals surface area contributed by atoms with Crippen LogP contribution in [-0.2, 0) is 4.74 Å². The van der Waals surface area contributed by atoms with Gasteiger partial charge in [0.2, 0.25) is 5.43 Å². The van der Waals surface area contributed by atoms with Crippen molar-refractivity contribution in [3.63, 3.8) is 0 Å². The fourth-order valence-corrected chi connectivity index (χ4v) is 3.91. The number of aromatic nitrogens is 1. The van der Waals surface area contributed by atoms with E-state index in [2.05, 4.69) is 0 Å². The predicted molar refractivity (Wildman–Crippen MR) is 111 cm³/mol. The lowest BCUT2D eigenvalue weighted by molar-refractivity contribution is 0.0524. The van der Waals surface area contributed by atoms with E-state index in [-0.39, 0.29) is 23.1 Å². The second-order valence-corrected chi connectivity index (χ2v) is 7.28. The van der Waals surface area contributed by atoms with Crippen molar-refractivity contribution in [1.82, 2.24) is 4.57 Å². The number of halogens is 2. The number of hydrogen-bond acceptors (Lipinski definition) is 4. The second-order valence-electron chi connectivity index (χ2n) is 7.28. The number of hydrogen-bond donors (Lipinski definition) is 0. The predicted octanol–water partition coefficient (Wildman–Crippen LogP) is 4.44. The molecule has 0 unspecified atom stereocenters. The third-order valence-corrected chi connectivity index (χ3v) is 5.38. The number of rotatable bonds is 4. The minimum absolute atomic E-state index is 0.0581. The Balaban J connectivity index is 2.00. The highest BCUT2D eigenvalue weighted by atomic mass is 19.1. The zero-order valence-electron chi connectivity index (χ0n) is 16.7. The summed E-state index contributed by atoms with van der Waals surface area (Å²) in [5, 5.41) is 0.0723. The van der Waals surface area contributed by atoms with E-state index in [1.54, 1.807) is 19.1 Å². The van der Waals surface area contributed by atoms with Gasteiger partial charge in [-0.2, -0.15) is 0 Å². The number of pyridine rings is 1. The molecular weight excluding hydrogens is 390 g/mol. The van der Waals surface area contributed by atoms with Gasteiger partial charge in [-0.25, -0.2) is 13.6 Å². The largest absolute Gasteiger partial charge is 0.462 e. The fraction of sp³-hybridized carbons (Fsp3) is 0.304. The molecule has 30 heavy (non-hydrogen) atoms. The number of esters is 1. The number of nitrogens with zero attached hydrogens (tertiary/aromatic N) is 2. The summed E-state index contributed by atoms with van der Waals surface area (Å²) in [7, 11) is 0. The maximum absolute atomic E-state index is 15.7. The number of fused-ring (bicyclic) bond motifs is 1. The minimum atomic E-state index is -0.777. The first kappa shape index (κ1) is 20.1. The number of carbonyl (C=O) groups excluding carboxylic acids is 1. The highest BCUT2D eigenvalue weighted by Crippen LogP contribution is 2.30. The van der Waals surface area contributed by atoms with Crippen LogP contribution in [0.1, 0.15) is 36.5 Å². The third-order valence-electron chi connectivity index (χ3n) is 5.38. The molecule has 0 aliphatic carbocycles. The molecule has 0 amide bonds. The van der Waals surface area contributed by atoms with E-state index in [4.69, 9.17) is 4.74 Å². The van der Waals surface area contributed by atoms with Crippen LogP contribution in [0.3, 0.4) is 0 Å². The molecule has 3 aromatic rings. The summed E-state index contributed by atoms with van der Waals surface area (Å²) in [4.78, 5) is 27.3. The van der Waals surface area contributed by atoms with Gasteiger partial charge in [-0.05, 0) is 62.6 Å². The lowest BCUT2D eigenvalue weighted by atomic mass is 10.1. The lowest BCUT2D eigenvalue weighted by Gasteiger charge is -2.29. The average molecular weight is 412 g/mol. The van der Waals surface area contributed by atoms with Crippen molar-refractivity contribution in [1.29, 1.82) is 0 Å². The Morgan fingerprint density at radius 1 is 1.03 bits per heavy atom. The molecule has 0 N–H and O–H groups in total. The van der Waals surface area contributed by atoms with E-state index in [1.165, 1.54) is 35.0 Å². The number of benzene rings is 2. The van der Waals surface area contributed by atoms with Gasteiger partial charge in [0, 0.05) is 25.0 Å². The van der Waals surface area contributed by atoms with Crippen LogP contribution in [0.5, 0.6) is 0 Å². The van der Waals surface area contributed by atoms with E-state index in [9.17, 15) is 14.0 Å². The molecule has 2 aromatic carbocycles. The van der Waals surface area contributed by atoms with Gasteiger partial charge >= 0.3 is 5.97 Å². The Labute approximate surface area is 172 Å². The summed E-state index contributed by atoms with van der Waals surface area (Å²) in [6, 6.07) is 8.58. The van der Waals surface area contributed by atoms with Crippen molar-refractivity contribution >= 4 is 22.6 Å². The monoisotopic (exact) mass is 412 g/mol. The van der Waals surface area contributed by atoms with Crippen molar-refractivity contribution in [2.75, 3.05) is 24.6 Å². The first-order valence-corrected chi connectivity index (χ1v) is 10.1. The molecule has 7 heteroatoms. The van der Waals surface area contributed by atoms with Crippen LogP contribution in [0.15, 0.2) is 47.4 Å². The van der Waals surface area contributed by atoms with E-state index in [0.29, 0.717) is 11.4 Å². The molecule has 0 spiro atoms. The molecule has 1 fully saturated rings. The van der Waals surface area contributed by atoms with Crippen LogP contribution in [0.25, 0.3) is 16.6 Å². The van der Waals surface area contributed by atoms with Gasteiger partial charge in [0.15, 0.2) is 5.82 Å². The van der Waals surface area contributed by atoms with Gasteiger partial charge in [0.25, 0.3) is 0 Å². The highest BCUT2D eigenvalue weighted by Gasteiger charge is 2.23. The van der Waals surface area contributed by atoms with Crippen LogP contribution in [0.4, 0.5) is 14.5 Å². The van der Waals surface area contributed by atoms with Gasteiger partial charge in [-0.3, -0.25) is 4.79 Å². The number of anilines is 1. The van der Waals surface area contributed by atoms with Crippen molar-refractivity contribution in [2.24, 2.45) is 0 Å². The Morgan fingerprint density at radius 2 is 1.73 bits per heavy atom.